The van der Waals surface area contributed by atoms with Gasteiger partial charge in [-0.15, -0.1) is 11.3 Å². The lowest BCUT2D eigenvalue weighted by Gasteiger charge is -2.06. The monoisotopic (exact) mass is 390 g/mol. The van der Waals surface area contributed by atoms with E-state index in [0.29, 0.717) is 28.0 Å². The highest BCUT2D eigenvalue weighted by Gasteiger charge is 2.12. The van der Waals surface area contributed by atoms with Crippen LogP contribution >= 0.6 is 22.9 Å². The van der Waals surface area contributed by atoms with E-state index in [9.17, 15) is 9.90 Å². The van der Waals surface area contributed by atoms with Gasteiger partial charge in [0.2, 0.25) is 0 Å². The van der Waals surface area contributed by atoms with Gasteiger partial charge in [-0.2, -0.15) is 10.2 Å². The van der Waals surface area contributed by atoms with Crippen LogP contribution in [0.15, 0.2) is 41.5 Å². The number of carbonyl (C=O) groups excluding carboxylic acids is 1. The Bertz CT molecular complexity index is 951. The van der Waals surface area contributed by atoms with Crippen LogP contribution in [-0.4, -0.2) is 34.0 Å². The standard InChI is InChI=1S/C17H15ClN4O3S/c1-2-25-13-5-3-4-10(16(13)23)9-19-22-17(24)12-8-11(20-21-12)14-6-7-15(18)26-14/h3-9,23H,2H2,1H3,(H,20,21)(H,22,24)/b19-9+. The van der Waals surface area contributed by atoms with Crippen molar-refractivity contribution in [3.8, 4) is 22.1 Å². The number of phenols is 1. The Labute approximate surface area is 158 Å². The first-order chi connectivity index (χ1) is 12.6. The molecule has 0 fully saturated rings. The predicted octanol–water partition coefficient (Wildman–Crippen LogP) is 3.66. The van der Waals surface area contributed by atoms with Gasteiger partial charge in [0.15, 0.2) is 17.2 Å². The molecule has 26 heavy (non-hydrogen) atoms. The van der Waals surface area contributed by atoms with E-state index in [1.165, 1.54) is 17.6 Å². The van der Waals surface area contributed by atoms with Crippen LogP contribution in [0.1, 0.15) is 23.0 Å². The van der Waals surface area contributed by atoms with E-state index in [2.05, 4.69) is 20.7 Å². The minimum Gasteiger partial charge on any atom is -0.504 e. The fraction of sp³-hybridized carbons (Fsp3) is 0.118. The van der Waals surface area contributed by atoms with Crippen LogP contribution in [0.5, 0.6) is 11.5 Å². The topological polar surface area (TPSA) is 99.6 Å². The number of aromatic nitrogens is 2. The number of aromatic hydroxyl groups is 1. The van der Waals surface area contributed by atoms with Gasteiger partial charge < -0.3 is 9.84 Å². The summed E-state index contributed by atoms with van der Waals surface area (Å²) in [6.07, 6.45) is 1.34. The Hall–Kier alpha value is -2.84. The third-order valence-electron chi connectivity index (χ3n) is 3.35. The maximum atomic E-state index is 12.1. The van der Waals surface area contributed by atoms with Gasteiger partial charge in [0.25, 0.3) is 5.91 Å². The summed E-state index contributed by atoms with van der Waals surface area (Å²) in [6.45, 7) is 2.25. The second-order valence-corrected chi connectivity index (χ2v) is 6.81. The molecule has 0 saturated heterocycles. The molecule has 3 rings (SSSR count). The number of H-pyrrole nitrogens is 1. The lowest BCUT2D eigenvalue weighted by atomic mass is 10.2. The third-order valence-corrected chi connectivity index (χ3v) is 4.61. The van der Waals surface area contributed by atoms with Gasteiger partial charge in [-0.05, 0) is 37.3 Å². The molecule has 134 valence electrons. The van der Waals surface area contributed by atoms with Crippen molar-refractivity contribution in [2.24, 2.45) is 5.10 Å². The Balaban J connectivity index is 1.67. The number of ether oxygens (including phenoxy) is 1. The molecule has 2 aromatic heterocycles. The number of nitrogens with one attached hydrogen (secondary N) is 2. The number of hydrogen-bond acceptors (Lipinski definition) is 6. The summed E-state index contributed by atoms with van der Waals surface area (Å²) in [7, 11) is 0. The minimum absolute atomic E-state index is 0.0380. The molecule has 1 amide bonds. The average Bonchev–Trinajstić information content (AvgIpc) is 3.27. The summed E-state index contributed by atoms with van der Waals surface area (Å²) in [5.74, 6) is -0.162. The summed E-state index contributed by atoms with van der Waals surface area (Å²) in [5, 5.41) is 20.7. The quantitative estimate of drug-likeness (QED) is 0.441. The number of phenolic OH excluding ortho intramolecular Hbond substituents is 1. The molecular formula is C17H15ClN4O3S. The van der Waals surface area contributed by atoms with Crippen molar-refractivity contribution in [3.63, 3.8) is 0 Å². The van der Waals surface area contributed by atoms with Crippen LogP contribution in [0.2, 0.25) is 4.34 Å². The molecule has 0 saturated carbocycles. The summed E-state index contributed by atoms with van der Waals surface area (Å²) in [6, 6.07) is 10.3. The number of benzene rings is 1. The zero-order valence-electron chi connectivity index (χ0n) is 13.7. The van der Waals surface area contributed by atoms with E-state index in [-0.39, 0.29) is 11.4 Å². The fourth-order valence-electron chi connectivity index (χ4n) is 2.16. The highest BCUT2D eigenvalue weighted by atomic mass is 35.5. The van der Waals surface area contributed by atoms with Gasteiger partial charge in [-0.3, -0.25) is 9.89 Å². The number of nitrogens with zero attached hydrogens (tertiary/aromatic N) is 2. The summed E-state index contributed by atoms with van der Waals surface area (Å²) >= 11 is 7.29. The Morgan fingerprint density at radius 3 is 3.04 bits per heavy atom. The smallest absolute Gasteiger partial charge is 0.291 e. The molecule has 3 N–H and O–H groups in total. The lowest BCUT2D eigenvalue weighted by molar-refractivity contribution is 0.0950. The van der Waals surface area contributed by atoms with Gasteiger partial charge in [0, 0.05) is 5.56 Å². The summed E-state index contributed by atoms with van der Waals surface area (Å²) < 4.78 is 5.95. The van der Waals surface area contributed by atoms with Crippen LogP contribution < -0.4 is 10.2 Å². The van der Waals surface area contributed by atoms with Crippen LogP contribution in [0.3, 0.4) is 0 Å². The van der Waals surface area contributed by atoms with Crippen LogP contribution in [-0.2, 0) is 0 Å². The van der Waals surface area contributed by atoms with E-state index in [1.807, 2.05) is 13.0 Å². The molecule has 3 aromatic rings. The van der Waals surface area contributed by atoms with Gasteiger partial charge >= 0.3 is 0 Å². The molecule has 0 spiro atoms. The highest BCUT2D eigenvalue weighted by molar-refractivity contribution is 7.19. The van der Waals surface area contributed by atoms with Gasteiger partial charge in [-0.1, -0.05) is 17.7 Å². The zero-order valence-corrected chi connectivity index (χ0v) is 15.3. The van der Waals surface area contributed by atoms with E-state index in [1.54, 1.807) is 30.3 Å². The van der Waals surface area contributed by atoms with Crippen molar-refractivity contribution in [1.29, 1.82) is 0 Å². The van der Waals surface area contributed by atoms with E-state index < -0.39 is 5.91 Å². The first kappa shape index (κ1) is 18.0. The van der Waals surface area contributed by atoms with Gasteiger partial charge in [-0.25, -0.2) is 5.43 Å². The summed E-state index contributed by atoms with van der Waals surface area (Å²) in [5.41, 5.74) is 3.67. The van der Waals surface area contributed by atoms with Gasteiger partial charge in [0.1, 0.15) is 0 Å². The Kier molecular flexibility index (Phi) is 5.55. The minimum atomic E-state index is -0.480. The molecule has 0 atom stereocenters. The number of aromatic amines is 1. The average molecular weight is 391 g/mol. The molecular weight excluding hydrogens is 376 g/mol. The van der Waals surface area contributed by atoms with E-state index in [0.717, 1.165) is 4.88 Å². The number of halogens is 1. The van der Waals surface area contributed by atoms with Gasteiger partial charge in [0.05, 0.1) is 27.7 Å². The number of hydrazone groups is 1. The second kappa shape index (κ2) is 8.03. The molecule has 7 nitrogen and oxygen atoms in total. The number of amides is 1. The lowest BCUT2D eigenvalue weighted by Crippen LogP contribution is -2.18. The van der Waals surface area contributed by atoms with Crippen LogP contribution in [0.4, 0.5) is 0 Å². The molecule has 1 aromatic carbocycles. The van der Waals surface area contributed by atoms with Crippen molar-refractivity contribution in [3.05, 3.63) is 52.0 Å². The molecule has 9 heteroatoms. The molecule has 0 aliphatic carbocycles. The molecule has 0 aliphatic heterocycles. The molecule has 2 heterocycles. The number of para-hydroxylation sites is 1. The highest BCUT2D eigenvalue weighted by Crippen LogP contribution is 2.30. The van der Waals surface area contributed by atoms with Crippen molar-refractivity contribution in [1.82, 2.24) is 15.6 Å². The summed E-state index contributed by atoms with van der Waals surface area (Å²) in [4.78, 5) is 13.0. The van der Waals surface area contributed by atoms with Crippen molar-refractivity contribution in [2.45, 2.75) is 6.92 Å². The van der Waals surface area contributed by atoms with Crippen LogP contribution in [0, 0.1) is 0 Å². The molecule has 0 radical (unpaired) electrons. The SMILES string of the molecule is CCOc1cccc(/C=N/NC(=O)c2cc(-c3ccc(Cl)s3)[nH]n2)c1O. The fourth-order valence-corrected chi connectivity index (χ4v) is 3.17. The number of thiophene rings is 1. The molecule has 0 unspecified atom stereocenters. The van der Waals surface area contributed by atoms with E-state index in [4.69, 9.17) is 16.3 Å². The maximum absolute atomic E-state index is 12.1. The normalized spacial score (nSPS) is 11.0. The van der Waals surface area contributed by atoms with Crippen molar-refractivity contribution >= 4 is 35.1 Å². The zero-order chi connectivity index (χ0) is 18.5. The third kappa shape index (κ3) is 4.04. The maximum Gasteiger partial charge on any atom is 0.291 e. The Morgan fingerprint density at radius 2 is 2.31 bits per heavy atom. The number of carbonyl (C=O) groups is 1. The van der Waals surface area contributed by atoms with E-state index >= 15 is 0 Å². The second-order valence-electron chi connectivity index (χ2n) is 5.10. The van der Waals surface area contributed by atoms with Crippen LogP contribution in [0.25, 0.3) is 10.6 Å². The number of rotatable bonds is 6. The number of hydrogen-bond donors (Lipinski definition) is 3. The van der Waals surface area contributed by atoms with Crippen molar-refractivity contribution in [2.75, 3.05) is 6.61 Å². The first-order valence-corrected chi connectivity index (χ1v) is 8.87. The molecule has 0 bridgehead atoms. The first-order valence-electron chi connectivity index (χ1n) is 7.67. The molecule has 0 aliphatic rings. The predicted molar refractivity (Wildman–Crippen MR) is 101 cm³/mol. The largest absolute Gasteiger partial charge is 0.504 e. The Morgan fingerprint density at radius 1 is 1.46 bits per heavy atom. The van der Waals surface area contributed by atoms with Crippen molar-refractivity contribution < 1.29 is 14.6 Å².